The summed E-state index contributed by atoms with van der Waals surface area (Å²) in [5, 5.41) is 15.0. The molecule has 1 aliphatic rings. The summed E-state index contributed by atoms with van der Waals surface area (Å²) in [7, 11) is -3.71. The normalized spacial score (nSPS) is 23.4. The van der Waals surface area contributed by atoms with Crippen LogP contribution in [0.3, 0.4) is 0 Å². The lowest BCUT2D eigenvalue weighted by Gasteiger charge is -2.30. The molecule has 0 aliphatic carbocycles. The van der Waals surface area contributed by atoms with Gasteiger partial charge in [0.25, 0.3) is 0 Å². The number of hydrogen-bond acceptors (Lipinski definition) is 5. The third-order valence-corrected chi connectivity index (χ3v) is 4.41. The fourth-order valence-electron chi connectivity index (χ4n) is 2.63. The molecule has 3 N–H and O–H groups in total. The van der Waals surface area contributed by atoms with Gasteiger partial charge in [-0.15, -0.1) is 0 Å². The fraction of sp³-hybridized carbons (Fsp3) is 0.615. The first kappa shape index (κ1) is 15.2. The number of nitrogens with two attached hydrogens (primary N) is 1. The van der Waals surface area contributed by atoms with Gasteiger partial charge < -0.3 is 10.0 Å². The molecular weight excluding hydrogens is 278 g/mol. The van der Waals surface area contributed by atoms with Crippen molar-refractivity contribution >= 4 is 15.8 Å². The number of rotatable bonds is 2. The minimum Gasteiger partial charge on any atom is -0.393 e. The van der Waals surface area contributed by atoms with Crippen molar-refractivity contribution in [1.82, 2.24) is 4.98 Å². The molecule has 0 bridgehead atoms. The number of aromatic nitrogens is 1. The Morgan fingerprint density at radius 2 is 2.15 bits per heavy atom. The molecule has 1 aliphatic heterocycles. The number of pyridine rings is 1. The van der Waals surface area contributed by atoms with Gasteiger partial charge in [0.05, 0.1) is 6.10 Å². The van der Waals surface area contributed by atoms with E-state index in [1.807, 2.05) is 0 Å². The molecule has 1 unspecified atom stereocenters. The molecule has 20 heavy (non-hydrogen) atoms. The SMILES string of the molecule is CC1(C)CC(O)CCN(c2ccc(S(N)(=O)=O)cn2)C1. The third-order valence-electron chi connectivity index (χ3n) is 3.51. The zero-order valence-electron chi connectivity index (χ0n) is 11.8. The number of nitrogens with zero attached hydrogens (tertiary/aromatic N) is 2. The largest absolute Gasteiger partial charge is 0.393 e. The zero-order valence-corrected chi connectivity index (χ0v) is 12.6. The highest BCUT2D eigenvalue weighted by atomic mass is 32.2. The van der Waals surface area contributed by atoms with Crippen LogP contribution in [0.1, 0.15) is 26.7 Å². The van der Waals surface area contributed by atoms with Crippen molar-refractivity contribution < 1.29 is 13.5 Å². The smallest absolute Gasteiger partial charge is 0.239 e. The molecule has 0 amide bonds. The Morgan fingerprint density at radius 3 is 2.70 bits per heavy atom. The molecule has 0 aromatic carbocycles. The molecule has 6 nitrogen and oxygen atoms in total. The van der Waals surface area contributed by atoms with Crippen LogP contribution in [0.15, 0.2) is 23.2 Å². The van der Waals surface area contributed by atoms with Gasteiger partial charge in [0.2, 0.25) is 10.0 Å². The maximum atomic E-state index is 11.2. The molecule has 1 saturated heterocycles. The quantitative estimate of drug-likeness (QED) is 0.838. The van der Waals surface area contributed by atoms with Crippen LogP contribution in [0, 0.1) is 5.41 Å². The number of hydrogen-bond donors (Lipinski definition) is 2. The van der Waals surface area contributed by atoms with E-state index in [0.29, 0.717) is 18.8 Å². The molecule has 1 atom stereocenters. The van der Waals surface area contributed by atoms with Gasteiger partial charge >= 0.3 is 0 Å². The minimum absolute atomic E-state index is 0.00960. The Morgan fingerprint density at radius 1 is 1.45 bits per heavy atom. The molecule has 2 heterocycles. The van der Waals surface area contributed by atoms with E-state index in [2.05, 4.69) is 23.7 Å². The van der Waals surface area contributed by atoms with Crippen molar-refractivity contribution in [3.63, 3.8) is 0 Å². The summed E-state index contributed by atoms with van der Waals surface area (Å²) < 4.78 is 22.4. The van der Waals surface area contributed by atoms with E-state index < -0.39 is 10.0 Å². The predicted molar refractivity (Wildman–Crippen MR) is 76.8 cm³/mol. The first-order valence-corrected chi connectivity index (χ1v) is 8.14. The Bertz CT molecular complexity index is 569. The van der Waals surface area contributed by atoms with Crippen LogP contribution in [-0.2, 0) is 10.0 Å². The second kappa shape index (κ2) is 5.31. The van der Waals surface area contributed by atoms with E-state index in [1.54, 1.807) is 6.07 Å². The van der Waals surface area contributed by atoms with Crippen LogP contribution in [0.2, 0.25) is 0 Å². The lowest BCUT2D eigenvalue weighted by atomic mass is 9.87. The number of primary sulfonamides is 1. The van der Waals surface area contributed by atoms with Gasteiger partial charge in [-0.2, -0.15) is 0 Å². The summed E-state index contributed by atoms with van der Waals surface area (Å²) in [6.07, 6.45) is 2.40. The van der Waals surface area contributed by atoms with Crippen molar-refractivity contribution in [1.29, 1.82) is 0 Å². The van der Waals surface area contributed by atoms with Gasteiger partial charge in [0.15, 0.2) is 0 Å². The standard InChI is InChI=1S/C13H21N3O3S/c1-13(2)7-10(17)5-6-16(9-13)12-4-3-11(8-15-12)20(14,18)19/h3-4,8,10,17H,5-7,9H2,1-2H3,(H2,14,18,19). The Labute approximate surface area is 119 Å². The van der Waals surface area contributed by atoms with Gasteiger partial charge in [0, 0.05) is 19.3 Å². The molecule has 112 valence electrons. The number of sulfonamides is 1. The summed E-state index contributed by atoms with van der Waals surface area (Å²) in [5.41, 5.74) is -0.0176. The second-order valence-corrected chi connectivity index (χ2v) is 7.69. The molecule has 1 fully saturated rings. The lowest BCUT2D eigenvalue weighted by molar-refractivity contribution is 0.123. The van der Waals surface area contributed by atoms with Gasteiger partial charge in [-0.05, 0) is 30.4 Å². The monoisotopic (exact) mass is 299 g/mol. The number of aliphatic hydroxyl groups is 1. The van der Waals surface area contributed by atoms with Gasteiger partial charge in [-0.25, -0.2) is 18.5 Å². The molecule has 1 aromatic heterocycles. The summed E-state index contributed by atoms with van der Waals surface area (Å²) in [6, 6.07) is 3.12. The van der Waals surface area contributed by atoms with Crippen molar-refractivity contribution in [2.24, 2.45) is 10.6 Å². The van der Waals surface area contributed by atoms with E-state index in [0.717, 1.165) is 13.0 Å². The first-order valence-electron chi connectivity index (χ1n) is 6.59. The zero-order chi connectivity index (χ0) is 15.0. The summed E-state index contributed by atoms with van der Waals surface area (Å²) in [6.45, 7) is 5.68. The Balaban J connectivity index is 2.23. The van der Waals surface area contributed by atoms with Crippen LogP contribution in [-0.4, -0.2) is 37.7 Å². The predicted octanol–water partition coefficient (Wildman–Crippen LogP) is 0.716. The number of aliphatic hydroxyl groups excluding tert-OH is 1. The van der Waals surface area contributed by atoms with Gasteiger partial charge in [-0.3, -0.25) is 0 Å². The maximum Gasteiger partial charge on any atom is 0.239 e. The summed E-state index contributed by atoms with van der Waals surface area (Å²) >= 11 is 0. The van der Waals surface area contributed by atoms with E-state index in [-0.39, 0.29) is 16.4 Å². The molecule has 0 spiro atoms. The van der Waals surface area contributed by atoms with Crippen LogP contribution in [0.5, 0.6) is 0 Å². The average Bonchev–Trinajstić information content (AvgIpc) is 2.46. The molecule has 1 aromatic rings. The van der Waals surface area contributed by atoms with Gasteiger partial charge in [-0.1, -0.05) is 13.8 Å². The van der Waals surface area contributed by atoms with Gasteiger partial charge in [0.1, 0.15) is 10.7 Å². The highest BCUT2D eigenvalue weighted by Crippen LogP contribution is 2.30. The molecule has 0 saturated carbocycles. The second-order valence-electron chi connectivity index (χ2n) is 6.13. The van der Waals surface area contributed by atoms with Crippen LogP contribution >= 0.6 is 0 Å². The molecule has 7 heteroatoms. The van der Waals surface area contributed by atoms with Crippen molar-refractivity contribution in [2.45, 2.75) is 37.7 Å². The van der Waals surface area contributed by atoms with Crippen LogP contribution in [0.25, 0.3) is 0 Å². The number of anilines is 1. The highest BCUT2D eigenvalue weighted by molar-refractivity contribution is 7.89. The highest BCUT2D eigenvalue weighted by Gasteiger charge is 2.29. The van der Waals surface area contributed by atoms with Crippen molar-refractivity contribution in [3.05, 3.63) is 18.3 Å². The van der Waals surface area contributed by atoms with E-state index >= 15 is 0 Å². The Kier molecular flexibility index (Phi) is 4.04. The maximum absolute atomic E-state index is 11.2. The topological polar surface area (TPSA) is 96.5 Å². The van der Waals surface area contributed by atoms with E-state index in [4.69, 9.17) is 5.14 Å². The van der Waals surface area contributed by atoms with E-state index in [9.17, 15) is 13.5 Å². The summed E-state index contributed by atoms with van der Waals surface area (Å²) in [5.74, 6) is 0.708. The third kappa shape index (κ3) is 3.68. The molecular formula is C13H21N3O3S. The Hall–Kier alpha value is -1.18. The molecule has 2 rings (SSSR count). The first-order chi connectivity index (χ1) is 9.17. The summed E-state index contributed by atoms with van der Waals surface area (Å²) in [4.78, 5) is 6.27. The van der Waals surface area contributed by atoms with Crippen molar-refractivity contribution in [2.75, 3.05) is 18.0 Å². The van der Waals surface area contributed by atoms with E-state index in [1.165, 1.54) is 12.3 Å². The lowest BCUT2D eigenvalue weighted by Crippen LogP contribution is -2.33. The minimum atomic E-state index is -3.71. The molecule has 0 radical (unpaired) electrons. The van der Waals surface area contributed by atoms with Crippen molar-refractivity contribution in [3.8, 4) is 0 Å². The van der Waals surface area contributed by atoms with Crippen LogP contribution in [0.4, 0.5) is 5.82 Å². The average molecular weight is 299 g/mol. The van der Waals surface area contributed by atoms with Crippen LogP contribution < -0.4 is 10.0 Å². The fourth-order valence-corrected chi connectivity index (χ4v) is 3.09.